The van der Waals surface area contributed by atoms with Gasteiger partial charge in [-0.3, -0.25) is 9.69 Å². The third-order valence-corrected chi connectivity index (χ3v) is 5.47. The lowest BCUT2D eigenvalue weighted by Crippen LogP contribution is -2.57. The van der Waals surface area contributed by atoms with Gasteiger partial charge in [0.05, 0.1) is 6.54 Å². The molecule has 2 atom stereocenters. The van der Waals surface area contributed by atoms with E-state index in [1.54, 1.807) is 0 Å². The van der Waals surface area contributed by atoms with Gasteiger partial charge in [0.15, 0.2) is 0 Å². The molecule has 2 saturated heterocycles. The molecule has 1 N–H and O–H groups in total. The van der Waals surface area contributed by atoms with Crippen LogP contribution < -0.4 is 0 Å². The minimum absolute atomic E-state index is 0.0653. The van der Waals surface area contributed by atoms with Gasteiger partial charge in [-0.15, -0.1) is 0 Å². The molecular weight excluding hydrogens is 278 g/mol. The number of amides is 2. The van der Waals surface area contributed by atoms with Gasteiger partial charge in [-0.25, -0.2) is 4.79 Å². The zero-order valence-electron chi connectivity index (χ0n) is 12.1. The number of carbonyl (C=O) groups excluding carboxylic acids is 1. The Morgan fingerprint density at radius 3 is 2.40 bits per heavy atom. The van der Waals surface area contributed by atoms with Crippen molar-refractivity contribution in [2.24, 2.45) is 0 Å². The standard InChI is InChI=1S/C13H23N3O3S/c1-10-11(2)20-8-7-16(10)13(19)15-5-3-14(4-6-15)9-12(17)18/h10-11H,3-9H2,1-2H3,(H,17,18). The van der Waals surface area contributed by atoms with Gasteiger partial charge in [0.1, 0.15) is 0 Å². The highest BCUT2D eigenvalue weighted by Gasteiger charge is 2.33. The van der Waals surface area contributed by atoms with Crippen LogP contribution in [-0.2, 0) is 4.79 Å². The zero-order valence-corrected chi connectivity index (χ0v) is 12.9. The highest BCUT2D eigenvalue weighted by atomic mass is 32.2. The smallest absolute Gasteiger partial charge is 0.320 e. The number of hydrogen-bond acceptors (Lipinski definition) is 4. The van der Waals surface area contributed by atoms with Gasteiger partial charge in [-0.2, -0.15) is 11.8 Å². The minimum Gasteiger partial charge on any atom is -0.480 e. The second kappa shape index (κ2) is 6.67. The molecule has 2 aliphatic rings. The molecule has 2 aliphatic heterocycles. The summed E-state index contributed by atoms with van der Waals surface area (Å²) in [7, 11) is 0. The van der Waals surface area contributed by atoms with Gasteiger partial charge in [0, 0.05) is 49.8 Å². The third-order valence-electron chi connectivity index (χ3n) is 4.13. The summed E-state index contributed by atoms with van der Waals surface area (Å²) < 4.78 is 0. The molecule has 0 aliphatic carbocycles. The molecule has 2 amide bonds. The van der Waals surface area contributed by atoms with Crippen LogP contribution in [0.2, 0.25) is 0 Å². The van der Waals surface area contributed by atoms with Crippen molar-refractivity contribution in [2.75, 3.05) is 45.0 Å². The Morgan fingerprint density at radius 1 is 1.15 bits per heavy atom. The van der Waals surface area contributed by atoms with Gasteiger partial charge in [-0.1, -0.05) is 6.92 Å². The number of urea groups is 1. The van der Waals surface area contributed by atoms with Crippen LogP contribution in [0.3, 0.4) is 0 Å². The molecule has 2 fully saturated rings. The fourth-order valence-corrected chi connectivity index (χ4v) is 3.77. The fourth-order valence-electron chi connectivity index (χ4n) is 2.67. The largest absolute Gasteiger partial charge is 0.480 e. The van der Waals surface area contributed by atoms with Crippen molar-refractivity contribution in [1.29, 1.82) is 0 Å². The van der Waals surface area contributed by atoms with E-state index in [-0.39, 0.29) is 18.6 Å². The predicted molar refractivity (Wildman–Crippen MR) is 79.1 cm³/mol. The van der Waals surface area contributed by atoms with Crippen molar-refractivity contribution >= 4 is 23.8 Å². The van der Waals surface area contributed by atoms with Crippen LogP contribution >= 0.6 is 11.8 Å². The fraction of sp³-hybridized carbons (Fsp3) is 0.846. The van der Waals surface area contributed by atoms with Crippen LogP contribution in [0.25, 0.3) is 0 Å². The lowest BCUT2D eigenvalue weighted by molar-refractivity contribution is -0.138. The van der Waals surface area contributed by atoms with Gasteiger partial charge >= 0.3 is 12.0 Å². The van der Waals surface area contributed by atoms with E-state index in [2.05, 4.69) is 13.8 Å². The maximum atomic E-state index is 12.5. The zero-order chi connectivity index (χ0) is 14.7. The average molecular weight is 301 g/mol. The lowest BCUT2D eigenvalue weighted by Gasteiger charge is -2.42. The highest BCUT2D eigenvalue weighted by Crippen LogP contribution is 2.25. The van der Waals surface area contributed by atoms with Crippen LogP contribution in [0, 0.1) is 0 Å². The van der Waals surface area contributed by atoms with E-state index >= 15 is 0 Å². The first-order chi connectivity index (χ1) is 9.49. The molecule has 0 saturated carbocycles. The molecule has 0 radical (unpaired) electrons. The molecule has 2 unspecified atom stereocenters. The monoisotopic (exact) mass is 301 g/mol. The van der Waals surface area contributed by atoms with E-state index in [1.807, 2.05) is 26.5 Å². The number of carbonyl (C=O) groups is 2. The summed E-state index contributed by atoms with van der Waals surface area (Å²) in [6, 6.07) is 0.373. The van der Waals surface area contributed by atoms with Crippen molar-refractivity contribution in [3.05, 3.63) is 0 Å². The Kier molecular flexibility index (Phi) is 5.15. The second-order valence-electron chi connectivity index (χ2n) is 5.45. The third kappa shape index (κ3) is 3.58. The normalized spacial score (nSPS) is 28.5. The quantitative estimate of drug-likeness (QED) is 0.811. The van der Waals surface area contributed by atoms with E-state index in [0.717, 1.165) is 12.3 Å². The van der Waals surface area contributed by atoms with E-state index in [0.29, 0.717) is 31.4 Å². The number of nitrogens with zero attached hydrogens (tertiary/aromatic N) is 3. The molecule has 6 nitrogen and oxygen atoms in total. The Balaban J connectivity index is 1.86. The molecule has 0 bridgehead atoms. The topological polar surface area (TPSA) is 64.1 Å². The molecule has 2 heterocycles. The summed E-state index contributed by atoms with van der Waals surface area (Å²) >= 11 is 1.92. The van der Waals surface area contributed by atoms with Gasteiger partial charge in [0.25, 0.3) is 0 Å². The number of aliphatic carboxylic acids is 1. The molecule has 7 heteroatoms. The first kappa shape index (κ1) is 15.4. The lowest BCUT2D eigenvalue weighted by atomic mass is 10.2. The van der Waals surface area contributed by atoms with Gasteiger partial charge in [-0.05, 0) is 6.92 Å². The summed E-state index contributed by atoms with van der Waals surface area (Å²) in [5, 5.41) is 9.25. The second-order valence-corrected chi connectivity index (χ2v) is 6.93. The van der Waals surface area contributed by atoms with E-state index < -0.39 is 5.97 Å². The average Bonchev–Trinajstić information content (AvgIpc) is 2.41. The molecule has 0 aromatic heterocycles. The Labute approximate surface area is 124 Å². The van der Waals surface area contributed by atoms with Crippen LogP contribution in [0.1, 0.15) is 13.8 Å². The summed E-state index contributed by atoms with van der Waals surface area (Å²) in [6.07, 6.45) is 0. The van der Waals surface area contributed by atoms with E-state index in [1.165, 1.54) is 0 Å². The Bertz CT molecular complexity index is 372. The maximum absolute atomic E-state index is 12.5. The number of piperazine rings is 1. The van der Waals surface area contributed by atoms with Crippen molar-refractivity contribution in [3.63, 3.8) is 0 Å². The van der Waals surface area contributed by atoms with Crippen molar-refractivity contribution < 1.29 is 14.7 Å². The van der Waals surface area contributed by atoms with Crippen LogP contribution in [0.5, 0.6) is 0 Å². The van der Waals surface area contributed by atoms with Gasteiger partial charge in [0.2, 0.25) is 0 Å². The summed E-state index contributed by atoms with van der Waals surface area (Å²) in [4.78, 5) is 28.9. The van der Waals surface area contributed by atoms with Crippen molar-refractivity contribution in [2.45, 2.75) is 25.1 Å². The van der Waals surface area contributed by atoms with Crippen LogP contribution in [0.15, 0.2) is 0 Å². The minimum atomic E-state index is -0.805. The number of thioether (sulfide) groups is 1. The molecule has 0 aromatic rings. The number of carboxylic acids is 1. The Hall–Kier alpha value is -0.950. The molecular formula is C13H23N3O3S. The number of carboxylic acid groups (broad SMARTS) is 1. The molecule has 0 spiro atoms. The van der Waals surface area contributed by atoms with Crippen LogP contribution in [0.4, 0.5) is 4.79 Å². The maximum Gasteiger partial charge on any atom is 0.320 e. The first-order valence-electron chi connectivity index (χ1n) is 7.10. The van der Waals surface area contributed by atoms with Crippen molar-refractivity contribution in [3.8, 4) is 0 Å². The van der Waals surface area contributed by atoms with Gasteiger partial charge < -0.3 is 14.9 Å². The SMILES string of the molecule is CC1SCCN(C(=O)N2CCN(CC(=O)O)CC2)C1C. The molecule has 20 heavy (non-hydrogen) atoms. The van der Waals surface area contributed by atoms with Crippen molar-refractivity contribution in [1.82, 2.24) is 14.7 Å². The predicted octanol–water partition coefficient (Wildman–Crippen LogP) is 0.634. The van der Waals surface area contributed by atoms with Crippen LogP contribution in [-0.4, -0.2) is 88.1 Å². The molecule has 0 aromatic carbocycles. The highest BCUT2D eigenvalue weighted by molar-refractivity contribution is 8.00. The summed E-state index contributed by atoms with van der Waals surface area (Å²) in [5.41, 5.74) is 0. The van der Waals surface area contributed by atoms with E-state index in [4.69, 9.17) is 5.11 Å². The summed E-state index contributed by atoms with van der Waals surface area (Å²) in [5.74, 6) is 0.191. The first-order valence-corrected chi connectivity index (χ1v) is 8.15. The number of rotatable bonds is 2. The Morgan fingerprint density at radius 2 is 1.80 bits per heavy atom. The summed E-state index contributed by atoms with van der Waals surface area (Å²) in [6.45, 7) is 7.68. The molecule has 114 valence electrons. The number of hydrogen-bond donors (Lipinski definition) is 1. The van der Waals surface area contributed by atoms with E-state index in [9.17, 15) is 9.59 Å². The molecule has 2 rings (SSSR count).